The summed E-state index contributed by atoms with van der Waals surface area (Å²) in [7, 11) is 0. The predicted octanol–water partition coefficient (Wildman–Crippen LogP) is 5.49. The van der Waals surface area contributed by atoms with Crippen LogP contribution in [-0.4, -0.2) is 0 Å². The summed E-state index contributed by atoms with van der Waals surface area (Å²) in [4.78, 5) is 0. The van der Waals surface area contributed by atoms with E-state index in [1.165, 1.54) is 0 Å². The van der Waals surface area contributed by atoms with Gasteiger partial charge in [-0.1, -0.05) is 35.9 Å². The molecule has 0 atom stereocenters. The lowest BCUT2D eigenvalue weighted by Crippen LogP contribution is -1.91. The lowest BCUT2D eigenvalue weighted by molar-refractivity contribution is 0.464. The summed E-state index contributed by atoms with van der Waals surface area (Å²) in [5, 5.41) is 10.4. The van der Waals surface area contributed by atoms with E-state index in [1.54, 1.807) is 18.2 Å². The van der Waals surface area contributed by atoms with Crippen molar-refractivity contribution in [2.75, 3.05) is 0 Å². The second-order valence-electron chi connectivity index (χ2n) is 4.33. The van der Waals surface area contributed by atoms with Crippen LogP contribution in [0, 0.1) is 11.3 Å². The third-order valence-electron chi connectivity index (χ3n) is 3.05. The Morgan fingerprint density at radius 2 is 1.90 bits per heavy atom. The highest BCUT2D eigenvalue weighted by atomic mass is 35.5. The first-order valence-corrected chi connectivity index (χ1v) is 7.08. The standard InChI is InChI=1S/C16H9Cl2NO2/c17-8-10-4-3-6-12(18)15(10)21-16-11-5-1-2-7-13(11)20-14(16)9-19/h1-7H,8H2. The number of ether oxygens (including phenoxy) is 1. The normalized spacial score (nSPS) is 10.5. The molecule has 0 saturated carbocycles. The van der Waals surface area contributed by atoms with Crippen molar-refractivity contribution < 1.29 is 9.15 Å². The molecule has 1 heterocycles. The first kappa shape index (κ1) is 13.8. The number of fused-ring (bicyclic) bond motifs is 1. The Morgan fingerprint density at radius 1 is 1.10 bits per heavy atom. The van der Waals surface area contributed by atoms with Crippen molar-refractivity contribution in [1.29, 1.82) is 5.26 Å². The minimum absolute atomic E-state index is 0.108. The quantitative estimate of drug-likeness (QED) is 0.600. The minimum atomic E-state index is 0.108. The first-order valence-electron chi connectivity index (χ1n) is 6.17. The lowest BCUT2D eigenvalue weighted by Gasteiger charge is -2.10. The summed E-state index contributed by atoms with van der Waals surface area (Å²) >= 11 is 12.1. The smallest absolute Gasteiger partial charge is 0.247 e. The van der Waals surface area contributed by atoms with Crippen LogP contribution < -0.4 is 4.74 Å². The Hall–Kier alpha value is -2.15. The van der Waals surface area contributed by atoms with E-state index in [4.69, 9.17) is 32.4 Å². The zero-order valence-electron chi connectivity index (χ0n) is 10.8. The third kappa shape index (κ3) is 2.44. The molecule has 3 rings (SSSR count). The monoisotopic (exact) mass is 317 g/mol. The van der Waals surface area contributed by atoms with Crippen LogP contribution >= 0.6 is 23.2 Å². The lowest BCUT2D eigenvalue weighted by atomic mass is 10.2. The molecule has 0 fully saturated rings. The van der Waals surface area contributed by atoms with Gasteiger partial charge in [-0.2, -0.15) is 5.26 Å². The Balaban J connectivity index is 2.17. The molecule has 0 spiro atoms. The highest BCUT2D eigenvalue weighted by Gasteiger charge is 2.18. The fraction of sp³-hybridized carbons (Fsp3) is 0.0625. The molecule has 0 amide bonds. The third-order valence-corrected chi connectivity index (χ3v) is 3.63. The van der Waals surface area contributed by atoms with Gasteiger partial charge in [0.1, 0.15) is 11.7 Å². The molecule has 0 N–H and O–H groups in total. The van der Waals surface area contributed by atoms with E-state index in [-0.39, 0.29) is 11.6 Å². The summed E-state index contributed by atoms with van der Waals surface area (Å²) in [6.45, 7) is 0. The number of benzene rings is 2. The number of para-hydroxylation sites is 2. The van der Waals surface area contributed by atoms with Crippen molar-refractivity contribution in [3.8, 4) is 17.6 Å². The second-order valence-corrected chi connectivity index (χ2v) is 5.01. The molecule has 0 unspecified atom stereocenters. The number of hydrogen-bond donors (Lipinski definition) is 0. The largest absolute Gasteiger partial charge is 0.450 e. The Bertz CT molecular complexity index is 849. The summed E-state index contributed by atoms with van der Waals surface area (Å²) < 4.78 is 11.3. The van der Waals surface area contributed by atoms with Gasteiger partial charge < -0.3 is 9.15 Å². The minimum Gasteiger partial charge on any atom is -0.450 e. The summed E-state index contributed by atoms with van der Waals surface area (Å²) in [5.74, 6) is 1.16. The van der Waals surface area contributed by atoms with Gasteiger partial charge in [0, 0.05) is 5.56 Å². The van der Waals surface area contributed by atoms with Gasteiger partial charge in [0.05, 0.1) is 16.3 Å². The topological polar surface area (TPSA) is 46.2 Å². The van der Waals surface area contributed by atoms with Crippen molar-refractivity contribution in [3.05, 3.63) is 58.8 Å². The van der Waals surface area contributed by atoms with Crippen LogP contribution in [0.4, 0.5) is 0 Å². The molecule has 0 bridgehead atoms. The van der Waals surface area contributed by atoms with Crippen molar-refractivity contribution in [1.82, 2.24) is 0 Å². The van der Waals surface area contributed by atoms with Gasteiger partial charge >= 0.3 is 0 Å². The van der Waals surface area contributed by atoms with Crippen LogP contribution in [0.5, 0.6) is 11.5 Å². The highest BCUT2D eigenvalue weighted by Crippen LogP contribution is 2.40. The van der Waals surface area contributed by atoms with Gasteiger partial charge in [-0.3, -0.25) is 0 Å². The van der Waals surface area contributed by atoms with E-state index in [0.29, 0.717) is 22.1 Å². The number of nitriles is 1. The Labute approximate surface area is 131 Å². The van der Waals surface area contributed by atoms with Crippen LogP contribution in [0.2, 0.25) is 5.02 Å². The maximum Gasteiger partial charge on any atom is 0.247 e. The zero-order chi connectivity index (χ0) is 14.8. The molecule has 5 heteroatoms. The van der Waals surface area contributed by atoms with Crippen LogP contribution in [0.25, 0.3) is 11.0 Å². The fourth-order valence-corrected chi connectivity index (χ4v) is 2.52. The SMILES string of the molecule is N#Cc1oc2ccccc2c1Oc1c(Cl)cccc1CCl. The van der Waals surface area contributed by atoms with Crippen LogP contribution in [0.3, 0.4) is 0 Å². The van der Waals surface area contributed by atoms with E-state index < -0.39 is 0 Å². The van der Waals surface area contributed by atoms with Crippen LogP contribution in [0.15, 0.2) is 46.9 Å². The molecule has 2 aromatic carbocycles. The molecule has 104 valence electrons. The predicted molar refractivity (Wildman–Crippen MR) is 82.0 cm³/mol. The van der Waals surface area contributed by atoms with Crippen molar-refractivity contribution in [2.45, 2.75) is 5.88 Å². The molecular formula is C16H9Cl2NO2. The van der Waals surface area contributed by atoms with Crippen LogP contribution in [-0.2, 0) is 5.88 Å². The molecule has 3 aromatic rings. The van der Waals surface area contributed by atoms with Gasteiger partial charge in [0.2, 0.25) is 5.76 Å². The van der Waals surface area contributed by atoms with Gasteiger partial charge in [-0.05, 0) is 18.2 Å². The number of hydrogen-bond acceptors (Lipinski definition) is 3. The second kappa shape index (κ2) is 5.69. The molecule has 0 aliphatic heterocycles. The fourth-order valence-electron chi connectivity index (χ4n) is 2.07. The maximum absolute atomic E-state index is 9.21. The van der Waals surface area contributed by atoms with Gasteiger partial charge in [-0.25, -0.2) is 0 Å². The molecule has 0 radical (unpaired) electrons. The maximum atomic E-state index is 9.21. The van der Waals surface area contributed by atoms with Gasteiger partial charge in [0.15, 0.2) is 11.5 Å². The first-order chi connectivity index (χ1) is 10.2. The van der Waals surface area contributed by atoms with E-state index in [0.717, 1.165) is 10.9 Å². The molecule has 0 aliphatic carbocycles. The number of halogens is 2. The molecule has 0 aliphatic rings. The summed E-state index contributed by atoms with van der Waals surface area (Å²) in [6, 6.07) is 14.6. The van der Waals surface area contributed by atoms with E-state index in [9.17, 15) is 5.26 Å². The number of rotatable bonds is 3. The number of alkyl halides is 1. The Kier molecular flexibility index (Phi) is 3.74. The number of furan rings is 1. The van der Waals surface area contributed by atoms with E-state index in [1.807, 2.05) is 30.3 Å². The molecule has 3 nitrogen and oxygen atoms in total. The average Bonchev–Trinajstić information content (AvgIpc) is 2.87. The summed E-state index contributed by atoms with van der Waals surface area (Å²) in [6.07, 6.45) is 0. The molecular weight excluding hydrogens is 309 g/mol. The zero-order valence-corrected chi connectivity index (χ0v) is 12.3. The highest BCUT2D eigenvalue weighted by molar-refractivity contribution is 6.32. The van der Waals surface area contributed by atoms with Crippen molar-refractivity contribution in [2.24, 2.45) is 0 Å². The Morgan fingerprint density at radius 3 is 2.67 bits per heavy atom. The molecule has 0 saturated heterocycles. The van der Waals surface area contributed by atoms with Crippen LogP contribution in [0.1, 0.15) is 11.3 Å². The molecule has 1 aromatic heterocycles. The van der Waals surface area contributed by atoms with E-state index >= 15 is 0 Å². The number of nitrogens with zero attached hydrogens (tertiary/aromatic N) is 1. The van der Waals surface area contributed by atoms with Gasteiger partial charge in [0.25, 0.3) is 0 Å². The van der Waals surface area contributed by atoms with Crippen molar-refractivity contribution in [3.63, 3.8) is 0 Å². The van der Waals surface area contributed by atoms with Crippen molar-refractivity contribution >= 4 is 34.2 Å². The average molecular weight is 318 g/mol. The van der Waals surface area contributed by atoms with Gasteiger partial charge in [-0.15, -0.1) is 11.6 Å². The summed E-state index contributed by atoms with van der Waals surface area (Å²) in [5.41, 5.74) is 1.34. The molecule has 21 heavy (non-hydrogen) atoms. The van der Waals surface area contributed by atoms with E-state index in [2.05, 4.69) is 0 Å².